The number of para-hydroxylation sites is 1. The quantitative estimate of drug-likeness (QED) is 0.595. The van der Waals surface area contributed by atoms with Crippen molar-refractivity contribution in [3.05, 3.63) is 66.1 Å². The van der Waals surface area contributed by atoms with Crippen LogP contribution in [0.2, 0.25) is 0 Å². The molecule has 4 heterocycles. The van der Waals surface area contributed by atoms with Gasteiger partial charge in [0.15, 0.2) is 5.65 Å². The SMILES string of the molecule is O=C(c1ccc2ccccc2n1)N1CCCC(c2ccc3cn[nH]c3n2)C1. The summed E-state index contributed by atoms with van der Waals surface area (Å²) in [6, 6.07) is 15.7. The first-order chi connectivity index (χ1) is 13.3. The molecule has 1 saturated heterocycles. The Kier molecular flexibility index (Phi) is 3.81. The number of H-pyrrole nitrogens is 1. The van der Waals surface area contributed by atoms with Gasteiger partial charge in [0.2, 0.25) is 0 Å². The van der Waals surface area contributed by atoms with Crippen molar-refractivity contribution in [3.63, 3.8) is 0 Å². The number of benzene rings is 1. The van der Waals surface area contributed by atoms with E-state index in [4.69, 9.17) is 4.98 Å². The second-order valence-corrected chi connectivity index (χ2v) is 7.02. The lowest BCUT2D eigenvalue weighted by Crippen LogP contribution is -2.39. The van der Waals surface area contributed by atoms with Gasteiger partial charge in [-0.05, 0) is 37.1 Å². The van der Waals surface area contributed by atoms with Gasteiger partial charge in [0.25, 0.3) is 5.91 Å². The Morgan fingerprint density at radius 2 is 1.93 bits per heavy atom. The molecule has 1 aliphatic heterocycles. The Morgan fingerprint density at radius 1 is 1.04 bits per heavy atom. The Balaban J connectivity index is 1.39. The number of fused-ring (bicyclic) bond motifs is 2. The molecule has 1 atom stereocenters. The number of aromatic nitrogens is 4. The third-order valence-corrected chi connectivity index (χ3v) is 5.27. The van der Waals surface area contributed by atoms with Crippen LogP contribution in [0, 0.1) is 0 Å². The van der Waals surface area contributed by atoms with E-state index in [1.165, 1.54) is 0 Å². The number of hydrogen-bond donors (Lipinski definition) is 1. The predicted octanol–water partition coefficient (Wildman–Crippen LogP) is 3.53. The lowest BCUT2D eigenvalue weighted by molar-refractivity contribution is 0.0700. The molecule has 5 rings (SSSR count). The van der Waals surface area contributed by atoms with E-state index in [1.54, 1.807) is 6.20 Å². The summed E-state index contributed by atoms with van der Waals surface area (Å²) in [5.74, 6) is 0.226. The summed E-state index contributed by atoms with van der Waals surface area (Å²) in [5.41, 5.74) is 3.16. The third-order valence-electron chi connectivity index (χ3n) is 5.27. The number of aromatic amines is 1. The number of pyridine rings is 2. The Morgan fingerprint density at radius 3 is 2.89 bits per heavy atom. The number of likely N-dealkylation sites (tertiary alicyclic amines) is 1. The maximum Gasteiger partial charge on any atom is 0.272 e. The van der Waals surface area contributed by atoms with Crippen molar-refractivity contribution in [3.8, 4) is 0 Å². The molecule has 0 spiro atoms. The molecule has 6 nitrogen and oxygen atoms in total. The fourth-order valence-electron chi connectivity index (χ4n) is 3.82. The summed E-state index contributed by atoms with van der Waals surface area (Å²) in [7, 11) is 0. The molecule has 1 amide bonds. The molecule has 1 aromatic carbocycles. The number of carbonyl (C=O) groups is 1. The molecule has 1 unspecified atom stereocenters. The van der Waals surface area contributed by atoms with Gasteiger partial charge in [-0.1, -0.05) is 24.3 Å². The van der Waals surface area contributed by atoms with E-state index in [-0.39, 0.29) is 11.8 Å². The molecule has 27 heavy (non-hydrogen) atoms. The van der Waals surface area contributed by atoms with Crippen LogP contribution in [-0.2, 0) is 0 Å². The lowest BCUT2D eigenvalue weighted by atomic mass is 9.94. The maximum atomic E-state index is 13.0. The smallest absolute Gasteiger partial charge is 0.272 e. The van der Waals surface area contributed by atoms with E-state index in [0.29, 0.717) is 12.2 Å². The van der Waals surface area contributed by atoms with Crippen LogP contribution >= 0.6 is 0 Å². The minimum atomic E-state index is -0.00642. The average Bonchev–Trinajstić information content (AvgIpc) is 3.21. The number of rotatable bonds is 2. The Hall–Kier alpha value is -3.28. The second kappa shape index (κ2) is 6.46. The molecular formula is C21H19N5O. The number of nitrogens with one attached hydrogen (secondary N) is 1. The summed E-state index contributed by atoms with van der Waals surface area (Å²) < 4.78 is 0. The highest BCUT2D eigenvalue weighted by Crippen LogP contribution is 2.27. The number of hydrogen-bond acceptors (Lipinski definition) is 4. The molecule has 1 fully saturated rings. The molecule has 1 N–H and O–H groups in total. The van der Waals surface area contributed by atoms with Gasteiger partial charge in [-0.15, -0.1) is 0 Å². The van der Waals surface area contributed by atoms with Crippen LogP contribution in [0.15, 0.2) is 54.7 Å². The van der Waals surface area contributed by atoms with E-state index in [2.05, 4.69) is 15.2 Å². The topological polar surface area (TPSA) is 74.8 Å². The van der Waals surface area contributed by atoms with Gasteiger partial charge in [-0.2, -0.15) is 5.10 Å². The van der Waals surface area contributed by atoms with Crippen molar-refractivity contribution >= 4 is 27.8 Å². The van der Waals surface area contributed by atoms with Gasteiger partial charge in [0, 0.05) is 35.5 Å². The molecule has 3 aromatic heterocycles. The zero-order valence-electron chi connectivity index (χ0n) is 14.8. The second-order valence-electron chi connectivity index (χ2n) is 7.02. The van der Waals surface area contributed by atoms with Gasteiger partial charge in [0.05, 0.1) is 11.7 Å². The first-order valence-corrected chi connectivity index (χ1v) is 9.23. The average molecular weight is 357 g/mol. The minimum absolute atomic E-state index is 0.00642. The van der Waals surface area contributed by atoms with E-state index in [1.807, 2.05) is 53.4 Å². The molecular weight excluding hydrogens is 338 g/mol. The van der Waals surface area contributed by atoms with E-state index in [9.17, 15) is 4.79 Å². The first-order valence-electron chi connectivity index (χ1n) is 9.23. The highest BCUT2D eigenvalue weighted by Gasteiger charge is 2.27. The van der Waals surface area contributed by atoms with Crippen molar-refractivity contribution in [2.24, 2.45) is 0 Å². The predicted molar refractivity (Wildman–Crippen MR) is 104 cm³/mol. The number of piperidine rings is 1. The van der Waals surface area contributed by atoms with Crippen LogP contribution in [0.5, 0.6) is 0 Å². The molecule has 1 aliphatic rings. The minimum Gasteiger partial charge on any atom is -0.337 e. The molecule has 0 aliphatic carbocycles. The Bertz CT molecular complexity index is 1140. The van der Waals surface area contributed by atoms with Crippen LogP contribution in [-0.4, -0.2) is 44.1 Å². The van der Waals surface area contributed by atoms with Gasteiger partial charge in [0.1, 0.15) is 5.69 Å². The van der Waals surface area contributed by atoms with Gasteiger partial charge in [-0.25, -0.2) is 9.97 Å². The fourth-order valence-corrected chi connectivity index (χ4v) is 3.82. The van der Waals surface area contributed by atoms with E-state index >= 15 is 0 Å². The summed E-state index contributed by atoms with van der Waals surface area (Å²) in [5, 5.41) is 9.01. The van der Waals surface area contributed by atoms with Crippen LogP contribution in [0.1, 0.15) is 34.9 Å². The summed E-state index contributed by atoms with van der Waals surface area (Å²) in [6.07, 6.45) is 3.77. The van der Waals surface area contributed by atoms with Crippen LogP contribution in [0.4, 0.5) is 0 Å². The van der Waals surface area contributed by atoms with E-state index < -0.39 is 0 Å². The fraction of sp³-hybridized carbons (Fsp3) is 0.238. The van der Waals surface area contributed by atoms with E-state index in [0.717, 1.165) is 47.0 Å². The monoisotopic (exact) mass is 357 g/mol. The third kappa shape index (κ3) is 2.93. The number of carbonyl (C=O) groups excluding carboxylic acids is 1. The lowest BCUT2D eigenvalue weighted by Gasteiger charge is -2.32. The largest absolute Gasteiger partial charge is 0.337 e. The maximum absolute atomic E-state index is 13.0. The highest BCUT2D eigenvalue weighted by molar-refractivity contribution is 5.95. The molecule has 134 valence electrons. The van der Waals surface area contributed by atoms with Crippen LogP contribution in [0.25, 0.3) is 21.9 Å². The van der Waals surface area contributed by atoms with Gasteiger partial charge < -0.3 is 4.90 Å². The number of nitrogens with zero attached hydrogens (tertiary/aromatic N) is 4. The highest BCUT2D eigenvalue weighted by atomic mass is 16.2. The number of amides is 1. The van der Waals surface area contributed by atoms with Crippen molar-refractivity contribution < 1.29 is 4.79 Å². The van der Waals surface area contributed by atoms with Crippen LogP contribution < -0.4 is 0 Å². The van der Waals surface area contributed by atoms with Crippen LogP contribution in [0.3, 0.4) is 0 Å². The summed E-state index contributed by atoms with van der Waals surface area (Å²) >= 11 is 0. The van der Waals surface area contributed by atoms with Crippen molar-refractivity contribution in [2.75, 3.05) is 13.1 Å². The Labute approximate surface area is 156 Å². The molecule has 0 bridgehead atoms. The standard InChI is InChI=1S/C21H19N5O/c27-21(19-10-7-14-4-1-2-6-17(14)23-19)26-11-3-5-16(13-26)18-9-8-15-12-22-25-20(15)24-18/h1-2,4,6-10,12,16H,3,5,11,13H2,(H,22,24,25). The van der Waals surface area contributed by atoms with Gasteiger partial charge >= 0.3 is 0 Å². The first kappa shape index (κ1) is 15.9. The molecule has 6 heteroatoms. The van der Waals surface area contributed by atoms with Crippen molar-refractivity contribution in [1.82, 2.24) is 25.1 Å². The zero-order valence-corrected chi connectivity index (χ0v) is 14.8. The summed E-state index contributed by atoms with van der Waals surface area (Å²) in [6.45, 7) is 1.43. The zero-order chi connectivity index (χ0) is 18.2. The summed E-state index contributed by atoms with van der Waals surface area (Å²) in [4.78, 5) is 24.2. The molecule has 0 radical (unpaired) electrons. The van der Waals surface area contributed by atoms with Crippen molar-refractivity contribution in [2.45, 2.75) is 18.8 Å². The van der Waals surface area contributed by atoms with Gasteiger partial charge in [-0.3, -0.25) is 9.89 Å². The molecule has 4 aromatic rings. The normalized spacial score (nSPS) is 17.5. The molecule has 0 saturated carbocycles. The van der Waals surface area contributed by atoms with Crippen molar-refractivity contribution in [1.29, 1.82) is 0 Å².